The van der Waals surface area contributed by atoms with Crippen molar-refractivity contribution in [3.05, 3.63) is 0 Å². The molecule has 1 fully saturated rings. The van der Waals surface area contributed by atoms with Gasteiger partial charge in [0.1, 0.15) is 0 Å². The number of hydrogen-bond donors (Lipinski definition) is 3. The van der Waals surface area contributed by atoms with Crippen LogP contribution < -0.4 is 16.4 Å². The van der Waals surface area contributed by atoms with Gasteiger partial charge in [-0.1, -0.05) is 0 Å². The number of amides is 2. The summed E-state index contributed by atoms with van der Waals surface area (Å²) in [6, 6.07) is 0. The van der Waals surface area contributed by atoms with Crippen LogP contribution in [0.15, 0.2) is 0 Å². The number of likely N-dealkylation sites (N-methyl/N-ethyl adjacent to an activating group) is 1. The van der Waals surface area contributed by atoms with Crippen molar-refractivity contribution < 1.29 is 9.59 Å². The first-order valence-electron chi connectivity index (χ1n) is 5.91. The fourth-order valence-electron chi connectivity index (χ4n) is 1.94. The van der Waals surface area contributed by atoms with Gasteiger partial charge in [0.15, 0.2) is 0 Å². The Balaban J connectivity index is 2.25. The third-order valence-electron chi connectivity index (χ3n) is 3.48. The Morgan fingerprint density at radius 2 is 1.88 bits per heavy atom. The lowest BCUT2D eigenvalue weighted by atomic mass is 9.75. The van der Waals surface area contributed by atoms with Crippen LogP contribution in [0.5, 0.6) is 0 Å². The van der Waals surface area contributed by atoms with Gasteiger partial charge in [0, 0.05) is 12.1 Å². The lowest BCUT2D eigenvalue weighted by Crippen LogP contribution is -2.58. The highest BCUT2D eigenvalue weighted by Crippen LogP contribution is 2.35. The molecule has 98 valence electrons. The van der Waals surface area contributed by atoms with E-state index in [1.165, 1.54) is 6.42 Å². The first-order valence-corrected chi connectivity index (χ1v) is 5.91. The Morgan fingerprint density at radius 1 is 1.24 bits per heavy atom. The van der Waals surface area contributed by atoms with Gasteiger partial charge in [0.2, 0.25) is 11.8 Å². The summed E-state index contributed by atoms with van der Waals surface area (Å²) in [6.45, 7) is 0.547. The van der Waals surface area contributed by atoms with Gasteiger partial charge in [-0.25, -0.2) is 0 Å². The molecule has 1 aliphatic rings. The molecule has 0 aromatic heterocycles. The van der Waals surface area contributed by atoms with Crippen LogP contribution in [-0.4, -0.2) is 56.0 Å². The molecule has 0 bridgehead atoms. The molecule has 0 atom stereocenters. The summed E-state index contributed by atoms with van der Waals surface area (Å²) >= 11 is 0. The van der Waals surface area contributed by atoms with E-state index in [1.54, 1.807) is 0 Å². The number of carbonyl (C=O) groups excluding carboxylic acids is 2. The van der Waals surface area contributed by atoms with E-state index in [1.807, 2.05) is 14.1 Å². The van der Waals surface area contributed by atoms with Crippen molar-refractivity contribution in [1.29, 1.82) is 0 Å². The molecule has 0 radical (unpaired) electrons. The van der Waals surface area contributed by atoms with E-state index in [4.69, 9.17) is 5.73 Å². The lowest BCUT2D eigenvalue weighted by Gasteiger charge is -2.47. The topological polar surface area (TPSA) is 87.5 Å². The number of carbonyl (C=O) groups is 2. The quantitative estimate of drug-likeness (QED) is 0.538. The summed E-state index contributed by atoms with van der Waals surface area (Å²) in [7, 11) is 4.06. The number of hydrogen-bond acceptors (Lipinski definition) is 4. The molecule has 6 heteroatoms. The fourth-order valence-corrected chi connectivity index (χ4v) is 1.94. The zero-order chi connectivity index (χ0) is 12.9. The van der Waals surface area contributed by atoms with E-state index in [2.05, 4.69) is 15.5 Å². The fraction of sp³-hybridized carbons (Fsp3) is 0.818. The van der Waals surface area contributed by atoms with Gasteiger partial charge in [0.05, 0.1) is 13.1 Å². The smallest absolute Gasteiger partial charge is 0.239 e. The number of nitrogens with one attached hydrogen (secondary N) is 2. The Bertz CT molecular complexity index is 287. The third-order valence-corrected chi connectivity index (χ3v) is 3.48. The van der Waals surface area contributed by atoms with Crippen LogP contribution >= 0.6 is 0 Å². The standard InChI is InChI=1S/C11H22N4O2/c1-15(2)11(4-3-5-11)8-14-10(17)7-13-9(16)6-12/h3-8,12H2,1-2H3,(H,13,16)(H,14,17). The Hall–Kier alpha value is -1.14. The van der Waals surface area contributed by atoms with Crippen molar-refractivity contribution >= 4 is 11.8 Å². The average molecular weight is 242 g/mol. The highest BCUT2D eigenvalue weighted by atomic mass is 16.2. The SMILES string of the molecule is CN(C)C1(CNC(=O)CNC(=O)CN)CCC1. The van der Waals surface area contributed by atoms with Crippen LogP contribution in [0.3, 0.4) is 0 Å². The first-order chi connectivity index (χ1) is 8.00. The molecule has 0 aliphatic heterocycles. The number of nitrogens with two attached hydrogens (primary N) is 1. The normalized spacial score (nSPS) is 17.4. The first kappa shape index (κ1) is 13.9. The number of nitrogens with zero attached hydrogens (tertiary/aromatic N) is 1. The molecular formula is C11H22N4O2. The van der Waals surface area contributed by atoms with E-state index >= 15 is 0 Å². The average Bonchev–Trinajstić information content (AvgIpc) is 2.23. The minimum Gasteiger partial charge on any atom is -0.353 e. The molecule has 1 aliphatic carbocycles. The summed E-state index contributed by atoms with van der Waals surface area (Å²) in [5.41, 5.74) is 5.23. The van der Waals surface area contributed by atoms with E-state index in [-0.39, 0.29) is 30.4 Å². The van der Waals surface area contributed by atoms with E-state index in [0.717, 1.165) is 12.8 Å². The molecular weight excluding hydrogens is 220 g/mol. The van der Waals surface area contributed by atoms with Crippen molar-refractivity contribution in [2.24, 2.45) is 5.73 Å². The maximum Gasteiger partial charge on any atom is 0.239 e. The van der Waals surface area contributed by atoms with Crippen LogP contribution in [0.2, 0.25) is 0 Å². The molecule has 0 saturated heterocycles. The van der Waals surface area contributed by atoms with Gasteiger partial charge in [-0.05, 0) is 33.4 Å². The molecule has 17 heavy (non-hydrogen) atoms. The van der Waals surface area contributed by atoms with Crippen LogP contribution in [0, 0.1) is 0 Å². The number of rotatable bonds is 6. The minimum absolute atomic E-state index is 0.000454. The highest BCUT2D eigenvalue weighted by molar-refractivity contribution is 5.85. The van der Waals surface area contributed by atoms with E-state index in [9.17, 15) is 9.59 Å². The van der Waals surface area contributed by atoms with Crippen molar-refractivity contribution in [3.63, 3.8) is 0 Å². The van der Waals surface area contributed by atoms with Crippen molar-refractivity contribution in [3.8, 4) is 0 Å². The molecule has 1 rings (SSSR count). The van der Waals surface area contributed by atoms with Crippen molar-refractivity contribution in [2.45, 2.75) is 24.8 Å². The molecule has 1 saturated carbocycles. The molecule has 0 aromatic rings. The van der Waals surface area contributed by atoms with Crippen LogP contribution in [0.25, 0.3) is 0 Å². The second kappa shape index (κ2) is 5.97. The maximum absolute atomic E-state index is 11.5. The largest absolute Gasteiger partial charge is 0.353 e. The zero-order valence-corrected chi connectivity index (χ0v) is 10.6. The van der Waals surface area contributed by atoms with Crippen molar-refractivity contribution in [2.75, 3.05) is 33.7 Å². The van der Waals surface area contributed by atoms with Crippen LogP contribution in [0.4, 0.5) is 0 Å². The van der Waals surface area contributed by atoms with Gasteiger partial charge < -0.3 is 21.3 Å². The van der Waals surface area contributed by atoms with Gasteiger partial charge in [0.25, 0.3) is 0 Å². The summed E-state index contributed by atoms with van der Waals surface area (Å²) < 4.78 is 0. The second-order valence-corrected chi connectivity index (χ2v) is 4.73. The molecule has 4 N–H and O–H groups in total. The Morgan fingerprint density at radius 3 is 2.29 bits per heavy atom. The van der Waals surface area contributed by atoms with Crippen LogP contribution in [0.1, 0.15) is 19.3 Å². The van der Waals surface area contributed by atoms with Gasteiger partial charge in [-0.3, -0.25) is 9.59 Å². The summed E-state index contributed by atoms with van der Waals surface area (Å²) in [5.74, 6) is -0.481. The van der Waals surface area contributed by atoms with Gasteiger partial charge in [-0.2, -0.15) is 0 Å². The highest BCUT2D eigenvalue weighted by Gasteiger charge is 2.39. The predicted molar refractivity (Wildman–Crippen MR) is 65.3 cm³/mol. The molecule has 6 nitrogen and oxygen atoms in total. The van der Waals surface area contributed by atoms with Crippen molar-refractivity contribution in [1.82, 2.24) is 15.5 Å². The summed E-state index contributed by atoms with van der Waals surface area (Å²) in [5, 5.41) is 5.29. The van der Waals surface area contributed by atoms with Gasteiger partial charge >= 0.3 is 0 Å². The molecule has 0 unspecified atom stereocenters. The Kier molecular flexibility index (Phi) is 4.89. The summed E-state index contributed by atoms with van der Waals surface area (Å²) in [4.78, 5) is 24.5. The minimum atomic E-state index is -0.314. The zero-order valence-electron chi connectivity index (χ0n) is 10.6. The summed E-state index contributed by atoms with van der Waals surface area (Å²) in [6.07, 6.45) is 3.42. The molecule has 0 aromatic carbocycles. The molecule has 2 amide bonds. The molecule has 0 spiro atoms. The van der Waals surface area contributed by atoms with Crippen LogP contribution in [-0.2, 0) is 9.59 Å². The van der Waals surface area contributed by atoms with E-state index < -0.39 is 0 Å². The predicted octanol–water partition coefficient (Wildman–Crippen LogP) is -1.34. The molecule has 0 heterocycles. The monoisotopic (exact) mass is 242 g/mol. The van der Waals surface area contributed by atoms with E-state index in [0.29, 0.717) is 6.54 Å². The second-order valence-electron chi connectivity index (χ2n) is 4.73. The third kappa shape index (κ3) is 3.67. The Labute approximate surface area is 102 Å². The maximum atomic E-state index is 11.5. The van der Waals surface area contributed by atoms with Gasteiger partial charge in [-0.15, -0.1) is 0 Å². The lowest BCUT2D eigenvalue weighted by molar-refractivity contribution is -0.125.